The fourth-order valence-corrected chi connectivity index (χ4v) is 5.19. The third-order valence-electron chi connectivity index (χ3n) is 6.02. The first-order valence-electron chi connectivity index (χ1n) is 10.7. The van der Waals surface area contributed by atoms with Crippen LogP contribution in [0.2, 0.25) is 0 Å². The average Bonchev–Trinajstić information content (AvgIpc) is 2.84. The molecule has 1 saturated heterocycles. The lowest BCUT2D eigenvalue weighted by atomic mass is 9.64. The third kappa shape index (κ3) is 4.46. The molecule has 6 nitrogen and oxygen atoms in total. The normalized spacial score (nSPS) is 25.9. The quantitative estimate of drug-likeness (QED) is 0.736. The van der Waals surface area contributed by atoms with E-state index in [-0.39, 0.29) is 23.8 Å². The van der Waals surface area contributed by atoms with E-state index >= 15 is 0 Å². The highest BCUT2D eigenvalue weighted by molar-refractivity contribution is 6.10. The van der Waals surface area contributed by atoms with Crippen molar-refractivity contribution in [1.82, 2.24) is 10.2 Å². The number of carbonyl (C=O) groups excluding carboxylic acids is 3. The number of benzene rings is 1. The summed E-state index contributed by atoms with van der Waals surface area (Å²) < 4.78 is 0. The largest absolute Gasteiger partial charge is 0.325 e. The van der Waals surface area contributed by atoms with Crippen molar-refractivity contribution in [2.75, 3.05) is 18.0 Å². The first-order valence-corrected chi connectivity index (χ1v) is 10.7. The van der Waals surface area contributed by atoms with E-state index in [1.165, 1.54) is 0 Å². The van der Waals surface area contributed by atoms with Crippen molar-refractivity contribution in [2.45, 2.75) is 65.3 Å². The van der Waals surface area contributed by atoms with Crippen LogP contribution in [-0.4, -0.2) is 41.4 Å². The fraction of sp³-hybridized carbons (Fsp3) is 0.609. The van der Waals surface area contributed by atoms with Crippen LogP contribution in [0, 0.1) is 11.3 Å². The summed E-state index contributed by atoms with van der Waals surface area (Å²) in [5.74, 6) is -0.142. The molecular formula is C23H33N3O3. The smallest absolute Gasteiger partial charge is 0.323 e. The number of hydrogen-bond acceptors (Lipinski definition) is 3. The molecule has 158 valence electrons. The number of para-hydroxylation sites is 1. The van der Waals surface area contributed by atoms with Gasteiger partial charge in [-0.3, -0.25) is 14.5 Å². The molecule has 2 aliphatic rings. The van der Waals surface area contributed by atoms with E-state index in [9.17, 15) is 14.4 Å². The second-order valence-electron chi connectivity index (χ2n) is 9.49. The van der Waals surface area contributed by atoms with Crippen LogP contribution in [0.1, 0.15) is 59.8 Å². The van der Waals surface area contributed by atoms with Gasteiger partial charge in [0.2, 0.25) is 5.91 Å². The van der Waals surface area contributed by atoms with E-state index in [0.717, 1.165) is 29.8 Å². The average molecular weight is 400 g/mol. The number of nitrogens with one attached hydrogen (secondary N) is 1. The van der Waals surface area contributed by atoms with Crippen LogP contribution in [0.5, 0.6) is 0 Å². The molecule has 4 amide bonds. The second-order valence-corrected chi connectivity index (χ2v) is 9.49. The summed E-state index contributed by atoms with van der Waals surface area (Å²) in [4.78, 5) is 41.9. The predicted octanol–water partition coefficient (Wildman–Crippen LogP) is 3.96. The van der Waals surface area contributed by atoms with Gasteiger partial charge in [0.05, 0.1) is 0 Å². The maximum atomic E-state index is 13.3. The second kappa shape index (κ2) is 8.17. The van der Waals surface area contributed by atoms with E-state index in [2.05, 4.69) is 33.0 Å². The number of hydrogen-bond donors (Lipinski definition) is 1. The van der Waals surface area contributed by atoms with Gasteiger partial charge in [0.25, 0.3) is 5.91 Å². The number of unbranched alkanes of at least 4 members (excludes halogenated alkanes) is 1. The van der Waals surface area contributed by atoms with Crippen LogP contribution in [0.15, 0.2) is 30.3 Å². The first kappa shape index (κ1) is 21.3. The molecule has 1 heterocycles. The van der Waals surface area contributed by atoms with E-state index in [1.807, 2.05) is 30.3 Å². The van der Waals surface area contributed by atoms with Gasteiger partial charge >= 0.3 is 6.03 Å². The molecule has 3 rings (SSSR count). The highest BCUT2D eigenvalue weighted by Gasteiger charge is 2.56. The lowest BCUT2D eigenvalue weighted by Crippen LogP contribution is -2.54. The number of rotatable bonds is 6. The highest BCUT2D eigenvalue weighted by Crippen LogP contribution is 2.46. The molecule has 0 bridgehead atoms. The zero-order valence-electron chi connectivity index (χ0n) is 18.0. The van der Waals surface area contributed by atoms with E-state index in [0.29, 0.717) is 25.3 Å². The molecule has 1 aromatic rings. The lowest BCUT2D eigenvalue weighted by molar-refractivity contribution is -0.137. The number of nitrogens with zero attached hydrogens (tertiary/aromatic N) is 2. The minimum atomic E-state index is -0.875. The van der Waals surface area contributed by atoms with Crippen LogP contribution in [0.25, 0.3) is 0 Å². The first-order chi connectivity index (χ1) is 13.7. The maximum Gasteiger partial charge on any atom is 0.325 e. The summed E-state index contributed by atoms with van der Waals surface area (Å²) in [7, 11) is 0. The minimum Gasteiger partial charge on any atom is -0.323 e. The van der Waals surface area contributed by atoms with Gasteiger partial charge in [0, 0.05) is 12.2 Å². The van der Waals surface area contributed by atoms with E-state index in [4.69, 9.17) is 0 Å². The van der Waals surface area contributed by atoms with E-state index in [1.54, 1.807) is 4.90 Å². The van der Waals surface area contributed by atoms with Crippen molar-refractivity contribution in [1.29, 1.82) is 0 Å². The van der Waals surface area contributed by atoms with Gasteiger partial charge in [-0.15, -0.1) is 0 Å². The molecule has 0 aromatic heterocycles. The summed E-state index contributed by atoms with van der Waals surface area (Å²) in [6.07, 6.45) is 4.07. The summed E-state index contributed by atoms with van der Waals surface area (Å²) >= 11 is 0. The van der Waals surface area contributed by atoms with Gasteiger partial charge < -0.3 is 10.2 Å². The molecule has 2 fully saturated rings. The zero-order valence-corrected chi connectivity index (χ0v) is 18.0. The number of amides is 4. The number of imide groups is 1. The van der Waals surface area contributed by atoms with Gasteiger partial charge in [-0.05, 0) is 49.1 Å². The molecule has 29 heavy (non-hydrogen) atoms. The van der Waals surface area contributed by atoms with Gasteiger partial charge in [-0.25, -0.2) is 4.79 Å². The van der Waals surface area contributed by atoms with Crippen LogP contribution >= 0.6 is 0 Å². The Kier molecular flexibility index (Phi) is 6.01. The van der Waals surface area contributed by atoms with Crippen molar-refractivity contribution in [3.05, 3.63) is 30.3 Å². The van der Waals surface area contributed by atoms with E-state index < -0.39 is 11.6 Å². The van der Waals surface area contributed by atoms with Crippen molar-refractivity contribution in [3.8, 4) is 0 Å². The Bertz CT molecular complexity index is 777. The van der Waals surface area contributed by atoms with Crippen LogP contribution < -0.4 is 10.2 Å². The molecule has 1 saturated carbocycles. The summed E-state index contributed by atoms with van der Waals surface area (Å²) in [5, 5.41) is 2.95. The van der Waals surface area contributed by atoms with Gasteiger partial charge in [0.1, 0.15) is 12.1 Å². The molecule has 1 spiro atoms. The Morgan fingerprint density at radius 2 is 1.90 bits per heavy atom. The molecule has 6 heteroatoms. The zero-order chi connectivity index (χ0) is 21.2. The fourth-order valence-electron chi connectivity index (χ4n) is 5.19. The van der Waals surface area contributed by atoms with Crippen LogP contribution in [-0.2, 0) is 9.59 Å². The molecular weight excluding hydrogens is 366 g/mol. The molecule has 2 unspecified atom stereocenters. The van der Waals surface area contributed by atoms with Crippen LogP contribution in [0.4, 0.5) is 10.5 Å². The Morgan fingerprint density at radius 3 is 2.52 bits per heavy atom. The minimum absolute atomic E-state index is 0.0299. The number of urea groups is 1. The predicted molar refractivity (Wildman–Crippen MR) is 113 cm³/mol. The molecule has 1 aliphatic heterocycles. The molecule has 1 aliphatic carbocycles. The SMILES string of the molecule is CCCCN(C(=O)CN1C(=O)NC2(CC(C)CC(C)(C)C2)C1=O)c1ccccc1. The van der Waals surface area contributed by atoms with Gasteiger partial charge in [-0.1, -0.05) is 52.3 Å². The van der Waals surface area contributed by atoms with Gasteiger partial charge in [-0.2, -0.15) is 0 Å². The summed E-state index contributed by atoms with van der Waals surface area (Å²) in [5.41, 5.74) is -0.114. The van der Waals surface area contributed by atoms with Crippen molar-refractivity contribution in [2.24, 2.45) is 11.3 Å². The Morgan fingerprint density at radius 1 is 1.21 bits per heavy atom. The summed E-state index contributed by atoms with van der Waals surface area (Å²) in [6.45, 7) is 8.82. The molecule has 2 atom stereocenters. The Hall–Kier alpha value is -2.37. The number of carbonyl (C=O) groups is 3. The number of anilines is 1. The highest BCUT2D eigenvalue weighted by atomic mass is 16.2. The topological polar surface area (TPSA) is 69.7 Å². The Labute approximate surface area is 173 Å². The monoisotopic (exact) mass is 399 g/mol. The van der Waals surface area contributed by atoms with Crippen LogP contribution in [0.3, 0.4) is 0 Å². The molecule has 1 N–H and O–H groups in total. The molecule has 1 aromatic carbocycles. The Balaban J connectivity index is 1.79. The van der Waals surface area contributed by atoms with Crippen molar-refractivity contribution >= 4 is 23.5 Å². The molecule has 0 radical (unpaired) electrons. The van der Waals surface area contributed by atoms with Gasteiger partial charge in [0.15, 0.2) is 0 Å². The lowest BCUT2D eigenvalue weighted by Gasteiger charge is -2.43. The standard InChI is InChI=1S/C23H33N3O3/c1-5-6-12-25(18-10-8-7-9-11-18)19(27)15-26-20(28)23(24-21(26)29)14-17(2)13-22(3,4)16-23/h7-11,17H,5-6,12-16H2,1-4H3,(H,24,29). The van der Waals surface area contributed by atoms with Crippen molar-refractivity contribution in [3.63, 3.8) is 0 Å². The van der Waals surface area contributed by atoms with Crippen molar-refractivity contribution < 1.29 is 14.4 Å². The maximum absolute atomic E-state index is 13.3. The third-order valence-corrected chi connectivity index (χ3v) is 6.02. The summed E-state index contributed by atoms with van der Waals surface area (Å²) in [6, 6.07) is 8.99.